The van der Waals surface area contributed by atoms with Crippen molar-refractivity contribution in [2.75, 3.05) is 0 Å². The van der Waals surface area contributed by atoms with E-state index in [1.54, 1.807) is 7.05 Å². The summed E-state index contributed by atoms with van der Waals surface area (Å²) in [6.45, 7) is 2.01. The summed E-state index contributed by atoms with van der Waals surface area (Å²) < 4.78 is 0.805. The third-order valence-electron chi connectivity index (χ3n) is 1.07. The Kier molecular flexibility index (Phi) is 2.46. The van der Waals surface area contributed by atoms with Gasteiger partial charge in [-0.3, -0.25) is 0 Å². The normalized spacial score (nSPS) is 13.6. The number of rotatable bonds is 1. The number of aryl methyl sites for hydroxylation is 1. The first-order valence-corrected chi connectivity index (χ1v) is 4.53. The molecule has 0 aliphatic carbocycles. The second-order valence-electron chi connectivity index (χ2n) is 1.98. The Morgan fingerprint density at radius 1 is 1.50 bits per heavy atom. The van der Waals surface area contributed by atoms with Crippen LogP contribution in [0.1, 0.15) is 17.4 Å². The molecule has 1 aromatic rings. The molecule has 0 N–H and O–H groups in total. The molecule has 0 aliphatic rings. The van der Waals surface area contributed by atoms with Crippen LogP contribution in [0.15, 0.2) is 4.60 Å². The zero-order chi connectivity index (χ0) is 7.72. The van der Waals surface area contributed by atoms with Gasteiger partial charge in [-0.1, -0.05) is 15.9 Å². The van der Waals surface area contributed by atoms with Crippen LogP contribution in [-0.2, 0) is 7.05 Å². The van der Waals surface area contributed by atoms with Crippen LogP contribution in [0.3, 0.4) is 0 Å². The number of nitrogens with zero attached hydrogens (tertiary/aromatic N) is 3. The van der Waals surface area contributed by atoms with Crippen molar-refractivity contribution in [2.45, 2.75) is 11.8 Å². The maximum Gasteiger partial charge on any atom is 0.152 e. The van der Waals surface area contributed by atoms with E-state index in [4.69, 9.17) is 0 Å². The van der Waals surface area contributed by atoms with E-state index in [1.165, 1.54) is 4.80 Å². The van der Waals surface area contributed by atoms with Crippen LogP contribution in [0.2, 0.25) is 0 Å². The minimum Gasteiger partial charge on any atom is -0.187 e. The highest BCUT2D eigenvalue weighted by Gasteiger charge is 2.10. The third kappa shape index (κ3) is 1.58. The third-order valence-corrected chi connectivity index (χ3v) is 2.07. The van der Waals surface area contributed by atoms with E-state index < -0.39 is 0 Å². The molecule has 0 radical (unpaired) electrons. The summed E-state index contributed by atoms with van der Waals surface area (Å²) in [6, 6.07) is 0. The molecule has 0 amide bonds. The minimum atomic E-state index is 0.246. The average molecular weight is 269 g/mol. The quantitative estimate of drug-likeness (QED) is 0.730. The maximum atomic E-state index is 4.12. The maximum absolute atomic E-state index is 4.12. The van der Waals surface area contributed by atoms with Crippen molar-refractivity contribution >= 4 is 31.9 Å². The van der Waals surface area contributed by atoms with Crippen LogP contribution in [0, 0.1) is 0 Å². The average Bonchev–Trinajstić information content (AvgIpc) is 2.10. The highest BCUT2D eigenvalue weighted by molar-refractivity contribution is 9.10. The molecule has 56 valence electrons. The topological polar surface area (TPSA) is 30.7 Å². The van der Waals surface area contributed by atoms with Gasteiger partial charge < -0.3 is 0 Å². The summed E-state index contributed by atoms with van der Waals surface area (Å²) in [6.07, 6.45) is 0. The van der Waals surface area contributed by atoms with E-state index in [9.17, 15) is 0 Å². The molecule has 5 heteroatoms. The summed E-state index contributed by atoms with van der Waals surface area (Å²) in [4.78, 5) is 1.78. The van der Waals surface area contributed by atoms with Gasteiger partial charge in [-0.05, 0) is 22.9 Å². The van der Waals surface area contributed by atoms with E-state index in [2.05, 4.69) is 42.1 Å². The van der Waals surface area contributed by atoms with Gasteiger partial charge in [-0.2, -0.15) is 9.90 Å². The molecule has 1 aromatic heterocycles. The first-order valence-electron chi connectivity index (χ1n) is 2.82. The zero-order valence-electron chi connectivity index (χ0n) is 5.67. The molecular formula is C5H7Br2N3. The SMILES string of the molecule is CC(Br)c1nn(C)nc1Br. The summed E-state index contributed by atoms with van der Waals surface area (Å²) in [5, 5.41) is 8.15. The van der Waals surface area contributed by atoms with Crippen LogP contribution in [0.4, 0.5) is 0 Å². The predicted molar refractivity (Wildman–Crippen MR) is 46.0 cm³/mol. The first-order chi connectivity index (χ1) is 4.61. The first kappa shape index (κ1) is 8.20. The monoisotopic (exact) mass is 267 g/mol. The minimum absolute atomic E-state index is 0.246. The van der Waals surface area contributed by atoms with E-state index >= 15 is 0 Å². The van der Waals surface area contributed by atoms with Crippen molar-refractivity contribution in [3.63, 3.8) is 0 Å². The van der Waals surface area contributed by atoms with E-state index in [0.29, 0.717) is 0 Å². The highest BCUT2D eigenvalue weighted by Crippen LogP contribution is 2.24. The van der Waals surface area contributed by atoms with Gasteiger partial charge in [-0.15, -0.1) is 5.10 Å². The fourth-order valence-electron chi connectivity index (χ4n) is 0.642. The lowest BCUT2D eigenvalue weighted by molar-refractivity contribution is 0.643. The summed E-state index contributed by atoms with van der Waals surface area (Å²) in [5.74, 6) is 0. The van der Waals surface area contributed by atoms with Gasteiger partial charge in [0.1, 0.15) is 5.69 Å². The number of aromatic nitrogens is 3. The Morgan fingerprint density at radius 2 is 2.10 bits per heavy atom. The molecule has 1 atom stereocenters. The lowest BCUT2D eigenvalue weighted by atomic mass is 10.4. The van der Waals surface area contributed by atoms with Gasteiger partial charge in [0, 0.05) is 7.05 Å². The summed E-state index contributed by atoms with van der Waals surface area (Å²) in [7, 11) is 1.80. The Bertz CT molecular complexity index is 231. The molecule has 0 saturated heterocycles. The molecular weight excluding hydrogens is 262 g/mol. The van der Waals surface area contributed by atoms with Crippen LogP contribution < -0.4 is 0 Å². The molecule has 0 aromatic carbocycles. The number of halogens is 2. The summed E-state index contributed by atoms with van der Waals surface area (Å²) >= 11 is 6.69. The Morgan fingerprint density at radius 3 is 2.30 bits per heavy atom. The Balaban J connectivity index is 3.03. The number of hydrogen-bond acceptors (Lipinski definition) is 2. The summed E-state index contributed by atoms with van der Waals surface area (Å²) in [5.41, 5.74) is 0.933. The van der Waals surface area contributed by atoms with Crippen LogP contribution in [0.5, 0.6) is 0 Å². The van der Waals surface area contributed by atoms with Gasteiger partial charge in [-0.25, -0.2) is 0 Å². The second kappa shape index (κ2) is 3.00. The van der Waals surface area contributed by atoms with Crippen molar-refractivity contribution in [1.82, 2.24) is 15.0 Å². The van der Waals surface area contributed by atoms with E-state index in [1.807, 2.05) is 6.92 Å². The molecule has 1 unspecified atom stereocenters. The van der Waals surface area contributed by atoms with E-state index in [0.717, 1.165) is 10.3 Å². The fourth-order valence-corrected chi connectivity index (χ4v) is 1.91. The van der Waals surface area contributed by atoms with Gasteiger partial charge in [0.25, 0.3) is 0 Å². The highest BCUT2D eigenvalue weighted by atomic mass is 79.9. The molecule has 0 spiro atoms. The zero-order valence-corrected chi connectivity index (χ0v) is 8.85. The number of alkyl halides is 1. The standard InChI is InChI=1S/C5H7Br2N3/c1-3(6)4-5(7)9-10(2)8-4/h3H,1-2H3. The van der Waals surface area contributed by atoms with Crippen LogP contribution in [-0.4, -0.2) is 15.0 Å². The number of hydrogen-bond donors (Lipinski definition) is 0. The lowest BCUT2D eigenvalue weighted by Crippen LogP contribution is -1.93. The van der Waals surface area contributed by atoms with E-state index in [-0.39, 0.29) is 4.83 Å². The molecule has 0 aliphatic heterocycles. The van der Waals surface area contributed by atoms with Gasteiger partial charge in [0.05, 0.1) is 4.83 Å². The Hall–Kier alpha value is 0.1000. The molecule has 0 fully saturated rings. The lowest BCUT2D eigenvalue weighted by Gasteiger charge is -1.94. The van der Waals surface area contributed by atoms with Crippen molar-refractivity contribution in [3.8, 4) is 0 Å². The Labute approximate surface area is 76.1 Å². The molecule has 1 heterocycles. The predicted octanol–water partition coefficient (Wildman–Crippen LogP) is 2.03. The molecule has 1 rings (SSSR count). The van der Waals surface area contributed by atoms with Crippen molar-refractivity contribution < 1.29 is 0 Å². The molecule has 10 heavy (non-hydrogen) atoms. The molecule has 0 saturated carbocycles. The van der Waals surface area contributed by atoms with Crippen LogP contribution in [0.25, 0.3) is 0 Å². The van der Waals surface area contributed by atoms with Gasteiger partial charge in [0.15, 0.2) is 4.60 Å². The van der Waals surface area contributed by atoms with Crippen LogP contribution >= 0.6 is 31.9 Å². The molecule has 3 nitrogen and oxygen atoms in total. The van der Waals surface area contributed by atoms with Gasteiger partial charge in [0.2, 0.25) is 0 Å². The largest absolute Gasteiger partial charge is 0.187 e. The van der Waals surface area contributed by atoms with Crippen molar-refractivity contribution in [1.29, 1.82) is 0 Å². The van der Waals surface area contributed by atoms with Gasteiger partial charge >= 0.3 is 0 Å². The van der Waals surface area contributed by atoms with Crippen molar-refractivity contribution in [2.24, 2.45) is 7.05 Å². The smallest absolute Gasteiger partial charge is 0.152 e. The molecule has 0 bridgehead atoms. The second-order valence-corrected chi connectivity index (χ2v) is 4.11. The fraction of sp³-hybridized carbons (Fsp3) is 0.600. The van der Waals surface area contributed by atoms with Crippen molar-refractivity contribution in [3.05, 3.63) is 10.3 Å².